The summed E-state index contributed by atoms with van der Waals surface area (Å²) in [5.74, 6) is 0.725. The number of halogens is 1. The molecule has 0 spiro atoms. The lowest BCUT2D eigenvalue weighted by atomic mass is 10.2. The molecule has 6 heteroatoms. The van der Waals surface area contributed by atoms with Crippen molar-refractivity contribution in [1.82, 2.24) is 14.6 Å². The molecule has 0 aromatic carbocycles. The van der Waals surface area contributed by atoms with Crippen molar-refractivity contribution in [2.75, 3.05) is 25.2 Å². The molecule has 0 aliphatic carbocycles. The van der Waals surface area contributed by atoms with Crippen molar-refractivity contribution in [3.8, 4) is 0 Å². The zero-order valence-electron chi connectivity index (χ0n) is 9.45. The zero-order valence-corrected chi connectivity index (χ0v) is 9.45. The SMILES string of the molecule is CN(c1nccn2nccc12)C1COCC1F. The maximum atomic E-state index is 13.6. The number of fused-ring (bicyclic) bond motifs is 1. The minimum Gasteiger partial charge on any atom is -0.376 e. The highest BCUT2D eigenvalue weighted by Gasteiger charge is 2.32. The van der Waals surface area contributed by atoms with Gasteiger partial charge >= 0.3 is 0 Å². The summed E-state index contributed by atoms with van der Waals surface area (Å²) in [6, 6.07) is 1.59. The lowest BCUT2D eigenvalue weighted by Crippen LogP contribution is -2.39. The topological polar surface area (TPSA) is 42.7 Å². The van der Waals surface area contributed by atoms with Crippen LogP contribution in [-0.4, -0.2) is 47.1 Å². The van der Waals surface area contributed by atoms with Crippen molar-refractivity contribution in [3.05, 3.63) is 24.7 Å². The number of rotatable bonds is 2. The largest absolute Gasteiger partial charge is 0.376 e. The minimum atomic E-state index is -0.968. The molecule has 1 saturated heterocycles. The summed E-state index contributed by atoms with van der Waals surface area (Å²) in [6.07, 6.45) is 4.16. The smallest absolute Gasteiger partial charge is 0.154 e. The molecule has 1 fully saturated rings. The second-order valence-electron chi connectivity index (χ2n) is 4.14. The van der Waals surface area contributed by atoms with Gasteiger partial charge in [0.1, 0.15) is 11.7 Å². The van der Waals surface area contributed by atoms with Gasteiger partial charge in [0.25, 0.3) is 0 Å². The van der Waals surface area contributed by atoms with Gasteiger partial charge in [-0.25, -0.2) is 13.9 Å². The van der Waals surface area contributed by atoms with Crippen molar-refractivity contribution in [1.29, 1.82) is 0 Å². The maximum absolute atomic E-state index is 13.6. The first-order valence-corrected chi connectivity index (χ1v) is 5.50. The summed E-state index contributed by atoms with van der Waals surface area (Å²) < 4.78 is 20.5. The van der Waals surface area contributed by atoms with Crippen LogP contribution in [-0.2, 0) is 4.74 Å². The van der Waals surface area contributed by atoms with Crippen LogP contribution >= 0.6 is 0 Å². The van der Waals surface area contributed by atoms with Crippen molar-refractivity contribution in [2.45, 2.75) is 12.2 Å². The Morgan fingerprint density at radius 3 is 3.12 bits per heavy atom. The maximum Gasteiger partial charge on any atom is 0.154 e. The molecule has 0 saturated carbocycles. The second kappa shape index (κ2) is 3.96. The van der Waals surface area contributed by atoms with Gasteiger partial charge in [0.2, 0.25) is 0 Å². The number of aromatic nitrogens is 3. The van der Waals surface area contributed by atoms with Crippen LogP contribution < -0.4 is 4.90 Å². The van der Waals surface area contributed by atoms with Crippen LogP contribution in [0.15, 0.2) is 24.7 Å². The predicted molar refractivity (Wildman–Crippen MR) is 60.9 cm³/mol. The molecule has 3 rings (SSSR count). The molecular weight excluding hydrogens is 223 g/mol. The lowest BCUT2D eigenvalue weighted by Gasteiger charge is -2.26. The quantitative estimate of drug-likeness (QED) is 0.777. The monoisotopic (exact) mass is 236 g/mol. The van der Waals surface area contributed by atoms with E-state index in [-0.39, 0.29) is 12.6 Å². The zero-order chi connectivity index (χ0) is 11.8. The van der Waals surface area contributed by atoms with E-state index >= 15 is 0 Å². The molecule has 2 unspecified atom stereocenters. The predicted octanol–water partition coefficient (Wildman–Crippen LogP) is 0.902. The first-order valence-electron chi connectivity index (χ1n) is 5.50. The highest BCUT2D eigenvalue weighted by atomic mass is 19.1. The van der Waals surface area contributed by atoms with Crippen molar-refractivity contribution in [2.24, 2.45) is 0 Å². The third-order valence-corrected chi connectivity index (χ3v) is 3.12. The minimum absolute atomic E-state index is 0.164. The number of likely N-dealkylation sites (N-methyl/N-ethyl adjacent to an activating group) is 1. The summed E-state index contributed by atoms with van der Waals surface area (Å²) >= 11 is 0. The molecule has 0 radical (unpaired) electrons. The van der Waals surface area contributed by atoms with E-state index in [1.165, 1.54) is 0 Å². The molecule has 5 nitrogen and oxygen atoms in total. The first kappa shape index (κ1) is 10.5. The third kappa shape index (κ3) is 1.64. The summed E-state index contributed by atoms with van der Waals surface area (Å²) in [5.41, 5.74) is 0.870. The number of hydrogen-bond donors (Lipinski definition) is 0. The van der Waals surface area contributed by atoms with Gasteiger partial charge in [0.05, 0.1) is 25.5 Å². The van der Waals surface area contributed by atoms with Crippen molar-refractivity contribution < 1.29 is 9.13 Å². The van der Waals surface area contributed by atoms with E-state index in [0.29, 0.717) is 6.61 Å². The fourth-order valence-electron chi connectivity index (χ4n) is 2.14. The molecule has 2 atom stereocenters. The number of hydrogen-bond acceptors (Lipinski definition) is 4. The van der Waals surface area contributed by atoms with E-state index in [1.54, 1.807) is 23.1 Å². The number of ether oxygens (including phenoxy) is 1. The summed E-state index contributed by atoms with van der Waals surface area (Å²) in [6.45, 7) is 0.561. The average molecular weight is 236 g/mol. The Kier molecular flexibility index (Phi) is 2.44. The van der Waals surface area contributed by atoms with Gasteiger partial charge < -0.3 is 9.64 Å². The van der Waals surface area contributed by atoms with Crippen LogP contribution in [0.3, 0.4) is 0 Å². The Labute approximate surface area is 97.8 Å². The van der Waals surface area contributed by atoms with Gasteiger partial charge in [-0.1, -0.05) is 0 Å². The second-order valence-corrected chi connectivity index (χ2v) is 4.14. The number of alkyl halides is 1. The van der Waals surface area contributed by atoms with Crippen molar-refractivity contribution in [3.63, 3.8) is 0 Å². The summed E-state index contributed by atoms with van der Waals surface area (Å²) in [5, 5.41) is 4.13. The van der Waals surface area contributed by atoms with E-state index < -0.39 is 6.17 Å². The first-order chi connectivity index (χ1) is 8.27. The number of anilines is 1. The van der Waals surface area contributed by atoms with E-state index in [1.807, 2.05) is 18.0 Å². The molecule has 1 aliphatic heterocycles. The molecule has 1 aliphatic rings. The van der Waals surface area contributed by atoms with Gasteiger partial charge in [-0.05, 0) is 6.07 Å². The Bertz CT molecular complexity index is 529. The molecule has 0 bridgehead atoms. The van der Waals surface area contributed by atoms with Gasteiger partial charge in [-0.15, -0.1) is 0 Å². The Morgan fingerprint density at radius 2 is 2.35 bits per heavy atom. The van der Waals surface area contributed by atoms with E-state index in [4.69, 9.17) is 4.74 Å². The van der Waals surface area contributed by atoms with E-state index in [0.717, 1.165) is 11.3 Å². The van der Waals surface area contributed by atoms with Crippen LogP contribution in [0.1, 0.15) is 0 Å². The van der Waals surface area contributed by atoms with Crippen LogP contribution in [0.5, 0.6) is 0 Å². The Morgan fingerprint density at radius 1 is 1.47 bits per heavy atom. The van der Waals surface area contributed by atoms with Gasteiger partial charge in [-0.3, -0.25) is 0 Å². The molecular formula is C11H13FN4O. The highest BCUT2D eigenvalue weighted by Crippen LogP contribution is 2.23. The fraction of sp³-hybridized carbons (Fsp3) is 0.455. The Hall–Kier alpha value is -1.69. The molecule has 3 heterocycles. The molecule has 0 amide bonds. The van der Waals surface area contributed by atoms with E-state index in [9.17, 15) is 4.39 Å². The molecule has 2 aromatic rings. The third-order valence-electron chi connectivity index (χ3n) is 3.12. The van der Waals surface area contributed by atoms with Crippen LogP contribution in [0, 0.1) is 0 Å². The van der Waals surface area contributed by atoms with Crippen LogP contribution in [0.25, 0.3) is 5.52 Å². The summed E-state index contributed by atoms with van der Waals surface area (Å²) in [7, 11) is 1.83. The molecule has 90 valence electrons. The average Bonchev–Trinajstić information content (AvgIpc) is 2.95. The summed E-state index contributed by atoms with van der Waals surface area (Å²) in [4.78, 5) is 6.13. The molecule has 2 aromatic heterocycles. The molecule has 0 N–H and O–H groups in total. The lowest BCUT2D eigenvalue weighted by molar-refractivity contribution is 0.173. The Balaban J connectivity index is 2.00. The van der Waals surface area contributed by atoms with E-state index in [2.05, 4.69) is 10.1 Å². The van der Waals surface area contributed by atoms with Gasteiger partial charge in [-0.2, -0.15) is 5.10 Å². The van der Waals surface area contributed by atoms with Gasteiger partial charge in [0.15, 0.2) is 5.82 Å². The van der Waals surface area contributed by atoms with Crippen LogP contribution in [0.4, 0.5) is 10.2 Å². The van der Waals surface area contributed by atoms with Crippen LogP contribution in [0.2, 0.25) is 0 Å². The molecule has 17 heavy (non-hydrogen) atoms. The fourth-order valence-corrected chi connectivity index (χ4v) is 2.14. The standard InChI is InChI=1S/C11H13FN4O/c1-15(10-7-17-6-8(10)12)11-9-2-3-14-16(9)5-4-13-11/h2-5,8,10H,6-7H2,1H3. The number of nitrogens with zero attached hydrogens (tertiary/aromatic N) is 4. The van der Waals surface area contributed by atoms with Crippen molar-refractivity contribution >= 4 is 11.3 Å². The van der Waals surface area contributed by atoms with Gasteiger partial charge in [0, 0.05) is 19.4 Å². The normalized spacial score (nSPS) is 24.4. The highest BCUT2D eigenvalue weighted by molar-refractivity contribution is 5.68.